The smallest absolute Gasteiger partial charge is 0.160 e. The monoisotopic (exact) mass is 739 g/mol. The van der Waals surface area contributed by atoms with Crippen molar-refractivity contribution in [3.63, 3.8) is 0 Å². The Kier molecular flexibility index (Phi) is 7.11. The minimum absolute atomic E-state index is 0.604. The van der Waals surface area contributed by atoms with E-state index in [4.69, 9.17) is 19.7 Å². The molecule has 8 aromatic carbocycles. The molecule has 0 atom stereocenters. The van der Waals surface area contributed by atoms with Crippen LogP contribution in [-0.2, 0) is 5.41 Å². The van der Waals surface area contributed by atoms with Crippen molar-refractivity contribution in [2.24, 2.45) is 0 Å². The molecular formula is C54H33N3O. The van der Waals surface area contributed by atoms with E-state index in [9.17, 15) is 0 Å². The third-order valence-electron chi connectivity index (χ3n) is 11.9. The summed E-state index contributed by atoms with van der Waals surface area (Å²) in [6.07, 6.45) is 0. The number of benzene rings is 8. The van der Waals surface area contributed by atoms with Gasteiger partial charge in [0.1, 0.15) is 11.5 Å². The molecule has 12 rings (SSSR count). The number of rotatable bonds is 4. The van der Waals surface area contributed by atoms with Crippen LogP contribution in [0.5, 0.6) is 11.5 Å². The van der Waals surface area contributed by atoms with Gasteiger partial charge in [0.05, 0.1) is 28.0 Å². The predicted octanol–water partition coefficient (Wildman–Crippen LogP) is 13.3. The summed E-state index contributed by atoms with van der Waals surface area (Å²) in [7, 11) is 0. The molecular weight excluding hydrogens is 707 g/mol. The van der Waals surface area contributed by atoms with E-state index in [2.05, 4.69) is 164 Å². The van der Waals surface area contributed by atoms with Crippen LogP contribution in [0.25, 0.3) is 78.0 Å². The van der Waals surface area contributed by atoms with Gasteiger partial charge in [0.15, 0.2) is 5.82 Å². The molecule has 0 bridgehead atoms. The molecule has 0 amide bonds. The maximum absolute atomic E-state index is 6.64. The molecule has 270 valence electrons. The highest BCUT2D eigenvalue weighted by Gasteiger charge is 2.52. The third-order valence-corrected chi connectivity index (χ3v) is 11.9. The summed E-state index contributed by atoms with van der Waals surface area (Å²) >= 11 is 0. The normalized spacial score (nSPS) is 13.1. The Balaban J connectivity index is 1.06. The number of ether oxygens (including phenoxy) is 1. The summed E-state index contributed by atoms with van der Waals surface area (Å²) in [6, 6.07) is 70.5. The Bertz CT molecular complexity index is 3160. The molecule has 1 spiro atoms. The van der Waals surface area contributed by atoms with Crippen LogP contribution in [0.3, 0.4) is 0 Å². The molecule has 1 aliphatic carbocycles. The second-order valence-corrected chi connectivity index (χ2v) is 15.1. The van der Waals surface area contributed by atoms with Gasteiger partial charge in [0, 0.05) is 44.3 Å². The van der Waals surface area contributed by atoms with E-state index < -0.39 is 5.41 Å². The van der Waals surface area contributed by atoms with E-state index in [1.165, 1.54) is 16.7 Å². The lowest BCUT2D eigenvalue weighted by molar-refractivity contribution is 0.437. The Morgan fingerprint density at radius 3 is 1.60 bits per heavy atom. The summed E-state index contributed by atoms with van der Waals surface area (Å²) in [6.45, 7) is 0. The fraction of sp³-hybridized carbons (Fsp3) is 0.0185. The van der Waals surface area contributed by atoms with Crippen LogP contribution in [0.2, 0.25) is 0 Å². The van der Waals surface area contributed by atoms with Gasteiger partial charge in [-0.3, -0.25) is 0 Å². The third kappa shape index (κ3) is 4.79. The highest BCUT2D eigenvalue weighted by atomic mass is 16.5. The van der Waals surface area contributed by atoms with E-state index in [1.807, 2.05) is 36.4 Å². The minimum Gasteiger partial charge on any atom is -0.457 e. The average molecular weight is 740 g/mol. The van der Waals surface area contributed by atoms with Gasteiger partial charge in [-0.25, -0.2) is 15.0 Å². The van der Waals surface area contributed by atoms with Crippen molar-refractivity contribution in [1.82, 2.24) is 15.0 Å². The average Bonchev–Trinajstić information content (AvgIpc) is 3.60. The van der Waals surface area contributed by atoms with Crippen molar-refractivity contribution >= 4 is 21.7 Å². The van der Waals surface area contributed by atoms with Crippen molar-refractivity contribution in [1.29, 1.82) is 0 Å². The lowest BCUT2D eigenvalue weighted by atomic mass is 9.65. The van der Waals surface area contributed by atoms with E-state index >= 15 is 0 Å². The fourth-order valence-electron chi connectivity index (χ4n) is 9.41. The van der Waals surface area contributed by atoms with Crippen molar-refractivity contribution in [2.45, 2.75) is 5.41 Å². The highest BCUT2D eigenvalue weighted by molar-refractivity contribution is 6.05. The molecule has 0 saturated heterocycles. The van der Waals surface area contributed by atoms with Crippen LogP contribution in [0, 0.1) is 0 Å². The molecule has 2 aliphatic rings. The predicted molar refractivity (Wildman–Crippen MR) is 234 cm³/mol. The van der Waals surface area contributed by atoms with Gasteiger partial charge in [-0.2, -0.15) is 0 Å². The molecule has 0 N–H and O–H groups in total. The lowest BCUT2D eigenvalue weighted by Crippen LogP contribution is -2.32. The first kappa shape index (κ1) is 32.5. The number of nitrogens with zero attached hydrogens (tertiary/aromatic N) is 3. The molecule has 2 aromatic heterocycles. The molecule has 4 heteroatoms. The summed E-state index contributed by atoms with van der Waals surface area (Å²) in [5, 5.41) is 3.37. The number of fused-ring (bicyclic) bond motifs is 12. The van der Waals surface area contributed by atoms with Crippen LogP contribution >= 0.6 is 0 Å². The summed E-state index contributed by atoms with van der Waals surface area (Å²) in [5.74, 6) is 2.45. The van der Waals surface area contributed by atoms with E-state index in [-0.39, 0.29) is 0 Å². The van der Waals surface area contributed by atoms with Crippen LogP contribution in [0.15, 0.2) is 200 Å². The highest BCUT2D eigenvalue weighted by Crippen LogP contribution is 2.64. The molecule has 0 fully saturated rings. The van der Waals surface area contributed by atoms with Gasteiger partial charge in [0.25, 0.3) is 0 Å². The first-order chi connectivity index (χ1) is 28.7. The molecule has 1 aliphatic heterocycles. The molecule has 10 aromatic rings. The number of hydrogen-bond acceptors (Lipinski definition) is 4. The van der Waals surface area contributed by atoms with Gasteiger partial charge < -0.3 is 4.74 Å². The van der Waals surface area contributed by atoms with Gasteiger partial charge >= 0.3 is 0 Å². The van der Waals surface area contributed by atoms with Crippen LogP contribution in [0.1, 0.15) is 22.3 Å². The summed E-state index contributed by atoms with van der Waals surface area (Å²) in [4.78, 5) is 15.7. The second-order valence-electron chi connectivity index (χ2n) is 15.1. The zero-order valence-corrected chi connectivity index (χ0v) is 31.3. The van der Waals surface area contributed by atoms with Crippen molar-refractivity contribution in [3.8, 4) is 67.8 Å². The molecule has 0 radical (unpaired) electrons. The lowest BCUT2D eigenvalue weighted by Gasteiger charge is -2.39. The van der Waals surface area contributed by atoms with Gasteiger partial charge in [0.2, 0.25) is 0 Å². The molecule has 4 nitrogen and oxygen atoms in total. The number of aromatic nitrogens is 3. The van der Waals surface area contributed by atoms with Gasteiger partial charge in [-0.05, 0) is 63.9 Å². The molecule has 0 unspecified atom stereocenters. The number of hydrogen-bond donors (Lipinski definition) is 0. The largest absolute Gasteiger partial charge is 0.457 e. The number of pyridine rings is 1. The zero-order chi connectivity index (χ0) is 38.2. The molecule has 0 saturated carbocycles. The van der Waals surface area contributed by atoms with Crippen LogP contribution < -0.4 is 4.74 Å². The quantitative estimate of drug-likeness (QED) is 0.180. The first-order valence-corrected chi connectivity index (χ1v) is 19.7. The Labute approximate surface area is 335 Å². The topological polar surface area (TPSA) is 47.9 Å². The van der Waals surface area contributed by atoms with Gasteiger partial charge in [-0.15, -0.1) is 0 Å². The minimum atomic E-state index is -0.604. The second kappa shape index (κ2) is 12.7. The SMILES string of the molecule is c1ccc(-c2cc(-c3ccccc3)nc(-c3ccc4cc(-c5nc6ccccc6c6c5-c5ccccc5C65c6ccccc6Oc6ccccc65)ccc4c3)n2)cc1. The van der Waals surface area contributed by atoms with Crippen LogP contribution in [-0.4, -0.2) is 15.0 Å². The van der Waals surface area contributed by atoms with Crippen molar-refractivity contribution in [3.05, 3.63) is 222 Å². The summed E-state index contributed by atoms with van der Waals surface area (Å²) < 4.78 is 6.64. The standard InChI is InChI=1S/C54H33N3O/c1-3-15-34(16-4-1)46-33-47(35-17-5-2-6-18-35)57-53(56-46)39-30-28-36-31-38(29-27-37(36)32-39)52-50-40-19-7-9-21-42(40)54(51(50)41-20-8-12-24-45(41)55-52)43-22-10-13-25-48(43)58-49-26-14-11-23-44(49)54/h1-33H. The zero-order valence-electron chi connectivity index (χ0n) is 31.3. The summed E-state index contributed by atoms with van der Waals surface area (Å²) in [5.41, 5.74) is 14.4. The van der Waals surface area contributed by atoms with Crippen molar-refractivity contribution in [2.75, 3.05) is 0 Å². The Hall–Kier alpha value is -7.69. The van der Waals surface area contributed by atoms with E-state index in [0.29, 0.717) is 5.82 Å². The maximum Gasteiger partial charge on any atom is 0.160 e. The Morgan fingerprint density at radius 2 is 0.931 bits per heavy atom. The van der Waals surface area contributed by atoms with E-state index in [1.54, 1.807) is 0 Å². The maximum atomic E-state index is 6.64. The number of para-hydroxylation sites is 3. The van der Waals surface area contributed by atoms with E-state index in [0.717, 1.165) is 89.2 Å². The molecule has 3 heterocycles. The molecule has 58 heavy (non-hydrogen) atoms. The first-order valence-electron chi connectivity index (χ1n) is 19.7. The van der Waals surface area contributed by atoms with Gasteiger partial charge in [-0.1, -0.05) is 164 Å². The van der Waals surface area contributed by atoms with Crippen LogP contribution in [0.4, 0.5) is 0 Å². The Morgan fingerprint density at radius 1 is 0.397 bits per heavy atom. The fourth-order valence-corrected chi connectivity index (χ4v) is 9.41. The van der Waals surface area contributed by atoms with Crippen molar-refractivity contribution < 1.29 is 4.74 Å².